The van der Waals surface area contributed by atoms with Gasteiger partial charge in [-0.1, -0.05) is 47.4 Å². The van der Waals surface area contributed by atoms with Crippen molar-refractivity contribution in [2.24, 2.45) is 0 Å². The lowest BCUT2D eigenvalue weighted by molar-refractivity contribution is -0.441. The highest BCUT2D eigenvalue weighted by Gasteiger charge is 1.85. The van der Waals surface area contributed by atoms with E-state index in [2.05, 4.69) is 9.84 Å². The highest BCUT2D eigenvalue weighted by Crippen LogP contribution is 1.99. The second-order valence-corrected chi connectivity index (χ2v) is 2.08. The van der Waals surface area contributed by atoms with E-state index in [-0.39, 0.29) is 0 Å². The first kappa shape index (κ1) is 9.00. The van der Waals surface area contributed by atoms with Crippen LogP contribution in [0, 0.1) is 0 Å². The molecule has 0 spiro atoms. The van der Waals surface area contributed by atoms with Crippen LogP contribution in [0.2, 0.25) is 0 Å². The van der Waals surface area contributed by atoms with Crippen LogP contribution >= 0.6 is 0 Å². The molecule has 3 nitrogen and oxygen atoms in total. The molecule has 0 bridgehead atoms. The van der Waals surface area contributed by atoms with Gasteiger partial charge in [0.2, 0.25) is 0 Å². The first-order valence-electron chi connectivity index (χ1n) is 3.45. The molecule has 0 aromatic heterocycles. The highest BCUT2D eigenvalue weighted by molar-refractivity contribution is 6.35. The first-order chi connectivity index (χ1) is 5.93. The molecule has 0 heterocycles. The predicted molar refractivity (Wildman–Crippen MR) is 46.0 cm³/mol. The van der Waals surface area contributed by atoms with Crippen molar-refractivity contribution in [2.75, 3.05) is 0 Å². The summed E-state index contributed by atoms with van der Waals surface area (Å²) in [5, 5.41) is 11.1. The zero-order chi connectivity index (χ0) is 8.65. The Kier molecular flexibility index (Phi) is 4.15. The van der Waals surface area contributed by atoms with E-state index in [0.29, 0.717) is 0 Å². The van der Waals surface area contributed by atoms with E-state index in [4.69, 9.17) is 5.26 Å². The minimum Gasteiger partial charge on any atom is -0.275 e. The Morgan fingerprint density at radius 3 is 2.67 bits per heavy atom. The van der Waals surface area contributed by atoms with Gasteiger partial charge in [-0.2, -0.15) is 0 Å². The molecular formula is C8H8BO3. The molecule has 0 aliphatic heterocycles. The molecule has 1 N–H and O–H groups in total. The van der Waals surface area contributed by atoms with Crippen LogP contribution in [0.4, 0.5) is 0 Å². The lowest BCUT2D eigenvalue weighted by atomic mass is 10.0. The van der Waals surface area contributed by atoms with Gasteiger partial charge in [0.15, 0.2) is 0 Å². The van der Waals surface area contributed by atoms with Crippen LogP contribution in [-0.4, -0.2) is 12.7 Å². The normalized spacial score (nSPS) is 10.4. The van der Waals surface area contributed by atoms with Gasteiger partial charge >= 0.3 is 7.48 Å². The summed E-state index contributed by atoms with van der Waals surface area (Å²) < 4.78 is 0. The van der Waals surface area contributed by atoms with E-state index in [0.717, 1.165) is 5.56 Å². The molecule has 4 heteroatoms. The zero-order valence-electron chi connectivity index (χ0n) is 6.38. The quantitative estimate of drug-likeness (QED) is 0.317. The van der Waals surface area contributed by atoms with Crippen LogP contribution in [0.3, 0.4) is 0 Å². The molecule has 0 atom stereocenters. The maximum Gasteiger partial charge on any atom is 0.378 e. The van der Waals surface area contributed by atoms with Crippen molar-refractivity contribution in [2.45, 2.75) is 0 Å². The van der Waals surface area contributed by atoms with Crippen molar-refractivity contribution >= 4 is 13.6 Å². The van der Waals surface area contributed by atoms with Gasteiger partial charge in [-0.3, -0.25) is 4.81 Å². The van der Waals surface area contributed by atoms with Crippen LogP contribution in [0.15, 0.2) is 36.3 Å². The van der Waals surface area contributed by atoms with Crippen LogP contribution < -0.4 is 0 Å². The average Bonchev–Trinajstić information content (AvgIpc) is 2.14. The largest absolute Gasteiger partial charge is 0.378 e. The molecule has 1 aromatic rings. The molecule has 0 aliphatic rings. The Labute approximate surface area is 71.4 Å². The molecule has 0 fully saturated rings. The van der Waals surface area contributed by atoms with Gasteiger partial charge < -0.3 is 0 Å². The molecule has 1 radical (unpaired) electrons. The van der Waals surface area contributed by atoms with Gasteiger partial charge in [0.25, 0.3) is 0 Å². The van der Waals surface area contributed by atoms with Gasteiger partial charge in [-0.25, -0.2) is 5.26 Å². The van der Waals surface area contributed by atoms with Crippen molar-refractivity contribution in [3.05, 3.63) is 41.9 Å². The second kappa shape index (κ2) is 5.54. The van der Waals surface area contributed by atoms with E-state index >= 15 is 0 Å². The molecular weight excluding hydrogens is 155 g/mol. The molecule has 12 heavy (non-hydrogen) atoms. The molecule has 0 saturated heterocycles. The summed E-state index contributed by atoms with van der Waals surface area (Å²) in [6.07, 6.45) is 1.82. The number of hydrogen-bond acceptors (Lipinski definition) is 3. The van der Waals surface area contributed by atoms with Crippen molar-refractivity contribution in [3.63, 3.8) is 0 Å². The second-order valence-electron chi connectivity index (χ2n) is 2.08. The van der Waals surface area contributed by atoms with Crippen molar-refractivity contribution < 1.29 is 15.1 Å². The van der Waals surface area contributed by atoms with E-state index < -0.39 is 0 Å². The van der Waals surface area contributed by atoms with Gasteiger partial charge in [0, 0.05) is 0 Å². The molecule has 1 aromatic carbocycles. The van der Waals surface area contributed by atoms with E-state index in [9.17, 15) is 0 Å². The predicted octanol–water partition coefficient (Wildman–Crippen LogP) is 1.70. The third-order valence-electron chi connectivity index (χ3n) is 1.27. The Bertz CT molecular complexity index is 235. The maximum absolute atomic E-state index is 7.78. The zero-order valence-corrected chi connectivity index (χ0v) is 6.38. The van der Waals surface area contributed by atoms with Crippen LogP contribution in [-0.2, 0) is 9.84 Å². The molecule has 0 unspecified atom stereocenters. The average molecular weight is 163 g/mol. The molecule has 1 rings (SSSR count). The fraction of sp³-hybridized carbons (Fsp3) is 0. The van der Waals surface area contributed by atoms with Crippen molar-refractivity contribution in [1.29, 1.82) is 0 Å². The van der Waals surface area contributed by atoms with E-state index in [1.807, 2.05) is 36.4 Å². The number of hydrogen-bond donors (Lipinski definition) is 1. The van der Waals surface area contributed by atoms with Crippen molar-refractivity contribution in [1.82, 2.24) is 0 Å². The first-order valence-corrected chi connectivity index (χ1v) is 3.45. The summed E-state index contributed by atoms with van der Waals surface area (Å²) in [7, 11) is 1.23. The van der Waals surface area contributed by atoms with Gasteiger partial charge in [0.1, 0.15) is 0 Å². The summed E-state index contributed by atoms with van der Waals surface area (Å²) in [6.45, 7) is 0. The van der Waals surface area contributed by atoms with E-state index in [1.54, 1.807) is 5.98 Å². The standard InChI is InChI=1S/C8H8BO3/c10-12-11-9-7-6-8-4-2-1-3-5-8/h1-7,10H/b7-6+. The molecule has 0 aliphatic carbocycles. The van der Waals surface area contributed by atoms with Crippen LogP contribution in [0.25, 0.3) is 6.08 Å². The van der Waals surface area contributed by atoms with E-state index in [1.165, 1.54) is 7.48 Å². The molecule has 61 valence electrons. The highest BCUT2D eigenvalue weighted by atomic mass is 17.5. The monoisotopic (exact) mass is 163 g/mol. The summed E-state index contributed by atoms with van der Waals surface area (Å²) in [6, 6.07) is 9.70. The minimum absolute atomic E-state index is 1.05. The van der Waals surface area contributed by atoms with Gasteiger partial charge in [-0.15, -0.1) is 0 Å². The minimum atomic E-state index is 1.05. The van der Waals surface area contributed by atoms with Crippen molar-refractivity contribution in [3.8, 4) is 0 Å². The Morgan fingerprint density at radius 2 is 2.00 bits per heavy atom. The maximum atomic E-state index is 7.78. The Morgan fingerprint density at radius 1 is 1.25 bits per heavy atom. The summed E-state index contributed by atoms with van der Waals surface area (Å²) >= 11 is 0. The Hall–Kier alpha value is -1.10. The lowest BCUT2D eigenvalue weighted by Crippen LogP contribution is -1.92. The fourth-order valence-electron chi connectivity index (χ4n) is 0.771. The lowest BCUT2D eigenvalue weighted by Gasteiger charge is -1.90. The third kappa shape index (κ3) is 3.34. The van der Waals surface area contributed by atoms with Gasteiger partial charge in [0.05, 0.1) is 0 Å². The molecule has 0 amide bonds. The number of rotatable bonds is 4. The molecule has 0 saturated carbocycles. The number of benzene rings is 1. The van der Waals surface area contributed by atoms with Crippen LogP contribution in [0.1, 0.15) is 5.56 Å². The third-order valence-corrected chi connectivity index (χ3v) is 1.27. The summed E-state index contributed by atoms with van der Waals surface area (Å²) in [5.41, 5.74) is 1.05. The van der Waals surface area contributed by atoms with Gasteiger partial charge in [-0.05, 0) is 5.56 Å². The summed E-state index contributed by atoms with van der Waals surface area (Å²) in [4.78, 5) is 4.10. The SMILES string of the molecule is OOO[B]/C=C/c1ccccc1. The topological polar surface area (TPSA) is 38.7 Å². The smallest absolute Gasteiger partial charge is 0.275 e. The van der Waals surface area contributed by atoms with Crippen LogP contribution in [0.5, 0.6) is 0 Å². The fourth-order valence-corrected chi connectivity index (χ4v) is 0.771. The summed E-state index contributed by atoms with van der Waals surface area (Å²) in [5.74, 6) is 1.62. The Balaban J connectivity index is 2.36.